The highest BCUT2D eigenvalue weighted by atomic mass is 32.1. The molecule has 1 aromatic rings. The van der Waals surface area contributed by atoms with Crippen LogP contribution in [-0.2, 0) is 16.0 Å². The molecule has 0 unspecified atom stereocenters. The summed E-state index contributed by atoms with van der Waals surface area (Å²) in [6.07, 6.45) is 0.520. The molecule has 12 heavy (non-hydrogen) atoms. The van der Waals surface area contributed by atoms with E-state index in [-0.39, 0.29) is 6.42 Å². The standard InChI is InChI=1S/C9H8O2S/c10-6-8(11)5-7-1-3-9(12)4-2-7/h1-4,6,12H,5H2. The zero-order valence-corrected chi connectivity index (χ0v) is 7.25. The van der Waals surface area contributed by atoms with E-state index < -0.39 is 5.78 Å². The summed E-state index contributed by atoms with van der Waals surface area (Å²) >= 11 is 4.09. The number of benzene rings is 1. The van der Waals surface area contributed by atoms with Gasteiger partial charge < -0.3 is 0 Å². The molecule has 0 radical (unpaired) electrons. The molecule has 0 amide bonds. The number of rotatable bonds is 3. The third kappa shape index (κ3) is 2.51. The third-order valence-corrected chi connectivity index (χ3v) is 1.74. The quantitative estimate of drug-likeness (QED) is 0.432. The van der Waals surface area contributed by atoms with Crippen molar-refractivity contribution in [2.45, 2.75) is 11.3 Å². The molecular formula is C9H8O2S. The van der Waals surface area contributed by atoms with Gasteiger partial charge in [-0.15, -0.1) is 12.6 Å². The Hall–Kier alpha value is -1.09. The molecule has 0 fully saturated rings. The molecule has 0 aliphatic heterocycles. The van der Waals surface area contributed by atoms with Crippen molar-refractivity contribution < 1.29 is 9.59 Å². The highest BCUT2D eigenvalue weighted by Gasteiger charge is 2.00. The van der Waals surface area contributed by atoms with Crippen molar-refractivity contribution in [1.82, 2.24) is 0 Å². The second-order valence-electron chi connectivity index (χ2n) is 2.43. The van der Waals surface area contributed by atoms with Crippen molar-refractivity contribution >= 4 is 24.7 Å². The Balaban J connectivity index is 2.71. The molecule has 0 saturated heterocycles. The predicted molar refractivity (Wildman–Crippen MR) is 48.5 cm³/mol. The normalized spacial score (nSPS) is 9.42. The van der Waals surface area contributed by atoms with Gasteiger partial charge in [-0.3, -0.25) is 9.59 Å². The number of hydrogen-bond acceptors (Lipinski definition) is 3. The Kier molecular flexibility index (Phi) is 3.05. The molecule has 0 spiro atoms. The molecule has 1 rings (SSSR count). The summed E-state index contributed by atoms with van der Waals surface area (Å²) in [5.41, 5.74) is 0.838. The fourth-order valence-electron chi connectivity index (χ4n) is 0.857. The van der Waals surface area contributed by atoms with Crippen molar-refractivity contribution in [2.75, 3.05) is 0 Å². The van der Waals surface area contributed by atoms with Gasteiger partial charge in [0, 0.05) is 11.3 Å². The minimum Gasteiger partial charge on any atom is -0.295 e. The van der Waals surface area contributed by atoms with Gasteiger partial charge in [0.25, 0.3) is 0 Å². The second-order valence-corrected chi connectivity index (χ2v) is 2.94. The van der Waals surface area contributed by atoms with E-state index in [1.807, 2.05) is 0 Å². The van der Waals surface area contributed by atoms with Crippen LogP contribution in [0.2, 0.25) is 0 Å². The Morgan fingerprint density at radius 1 is 1.33 bits per heavy atom. The van der Waals surface area contributed by atoms with Gasteiger partial charge in [-0.05, 0) is 17.7 Å². The van der Waals surface area contributed by atoms with Crippen LogP contribution in [0.1, 0.15) is 5.56 Å². The minimum absolute atomic E-state index is 0.178. The van der Waals surface area contributed by atoms with E-state index in [1.54, 1.807) is 24.3 Å². The van der Waals surface area contributed by atoms with E-state index in [0.717, 1.165) is 10.5 Å². The minimum atomic E-state index is -0.401. The summed E-state index contributed by atoms with van der Waals surface area (Å²) in [5.74, 6) is -0.401. The molecular weight excluding hydrogens is 172 g/mol. The molecule has 3 heteroatoms. The van der Waals surface area contributed by atoms with E-state index in [4.69, 9.17) is 0 Å². The van der Waals surface area contributed by atoms with Gasteiger partial charge in [0.05, 0.1) is 0 Å². The highest BCUT2D eigenvalue weighted by molar-refractivity contribution is 7.80. The van der Waals surface area contributed by atoms with Crippen molar-refractivity contribution in [3.8, 4) is 0 Å². The lowest BCUT2D eigenvalue weighted by molar-refractivity contribution is -0.129. The number of aldehydes is 1. The van der Waals surface area contributed by atoms with Crippen LogP contribution in [0, 0.1) is 0 Å². The van der Waals surface area contributed by atoms with E-state index in [9.17, 15) is 9.59 Å². The second kappa shape index (κ2) is 4.07. The Labute approximate surface area is 76.0 Å². The zero-order valence-electron chi connectivity index (χ0n) is 6.36. The molecule has 0 aliphatic carbocycles. The summed E-state index contributed by atoms with van der Waals surface area (Å²) in [7, 11) is 0. The first-order valence-corrected chi connectivity index (χ1v) is 3.93. The molecule has 0 aromatic heterocycles. The van der Waals surface area contributed by atoms with Crippen LogP contribution in [0.3, 0.4) is 0 Å². The summed E-state index contributed by atoms with van der Waals surface area (Å²) < 4.78 is 0. The van der Waals surface area contributed by atoms with Crippen molar-refractivity contribution in [3.63, 3.8) is 0 Å². The zero-order chi connectivity index (χ0) is 8.97. The number of hydrogen-bond donors (Lipinski definition) is 1. The summed E-state index contributed by atoms with van der Waals surface area (Å²) in [5, 5.41) is 0. The molecule has 62 valence electrons. The summed E-state index contributed by atoms with van der Waals surface area (Å²) in [6.45, 7) is 0. The molecule has 0 aliphatic rings. The number of Topliss-reactive ketones (excluding diaryl/α,β-unsaturated/α-hetero) is 1. The van der Waals surface area contributed by atoms with Gasteiger partial charge in [-0.25, -0.2) is 0 Å². The molecule has 0 N–H and O–H groups in total. The molecule has 1 aromatic carbocycles. The monoisotopic (exact) mass is 180 g/mol. The number of thiol groups is 1. The summed E-state index contributed by atoms with van der Waals surface area (Å²) in [6, 6.07) is 7.14. The van der Waals surface area contributed by atoms with Crippen LogP contribution in [0.5, 0.6) is 0 Å². The molecule has 0 heterocycles. The lowest BCUT2D eigenvalue weighted by atomic mass is 10.1. The molecule has 0 atom stereocenters. The average molecular weight is 180 g/mol. The largest absolute Gasteiger partial charge is 0.295 e. The lowest BCUT2D eigenvalue weighted by Crippen LogP contribution is -2.02. The van der Waals surface area contributed by atoms with E-state index in [0.29, 0.717) is 6.29 Å². The molecule has 0 saturated carbocycles. The van der Waals surface area contributed by atoms with E-state index in [2.05, 4.69) is 12.6 Å². The maximum Gasteiger partial charge on any atom is 0.199 e. The first-order valence-electron chi connectivity index (χ1n) is 3.48. The van der Waals surface area contributed by atoms with Crippen molar-refractivity contribution in [3.05, 3.63) is 29.8 Å². The van der Waals surface area contributed by atoms with Gasteiger partial charge >= 0.3 is 0 Å². The highest BCUT2D eigenvalue weighted by Crippen LogP contribution is 2.07. The summed E-state index contributed by atoms with van der Waals surface area (Å²) in [4.78, 5) is 21.5. The number of carbonyl (C=O) groups excluding carboxylic acids is 2. The van der Waals surface area contributed by atoms with E-state index in [1.165, 1.54) is 0 Å². The third-order valence-electron chi connectivity index (χ3n) is 1.45. The molecule has 2 nitrogen and oxygen atoms in total. The SMILES string of the molecule is O=CC(=O)Cc1ccc(S)cc1. The fourth-order valence-corrected chi connectivity index (χ4v) is 1.01. The van der Waals surface area contributed by atoms with Gasteiger partial charge in [-0.2, -0.15) is 0 Å². The first kappa shape index (κ1) is 9.00. The molecule has 0 bridgehead atoms. The van der Waals surface area contributed by atoms with Crippen LogP contribution >= 0.6 is 12.6 Å². The van der Waals surface area contributed by atoms with E-state index >= 15 is 0 Å². The smallest absolute Gasteiger partial charge is 0.199 e. The Bertz CT molecular complexity index is 290. The Morgan fingerprint density at radius 3 is 2.42 bits per heavy atom. The van der Waals surface area contributed by atoms with Crippen LogP contribution < -0.4 is 0 Å². The maximum atomic E-state index is 10.7. The van der Waals surface area contributed by atoms with Gasteiger partial charge in [-0.1, -0.05) is 12.1 Å². The maximum absolute atomic E-state index is 10.7. The topological polar surface area (TPSA) is 34.1 Å². The number of carbonyl (C=O) groups is 2. The lowest BCUT2D eigenvalue weighted by Gasteiger charge is -1.96. The van der Waals surface area contributed by atoms with Crippen LogP contribution in [0.25, 0.3) is 0 Å². The van der Waals surface area contributed by atoms with Gasteiger partial charge in [0.2, 0.25) is 0 Å². The van der Waals surface area contributed by atoms with Crippen LogP contribution in [0.15, 0.2) is 29.2 Å². The van der Waals surface area contributed by atoms with Crippen molar-refractivity contribution in [1.29, 1.82) is 0 Å². The van der Waals surface area contributed by atoms with Gasteiger partial charge in [0.1, 0.15) is 0 Å². The average Bonchev–Trinajstić information content (AvgIpc) is 2.09. The van der Waals surface area contributed by atoms with Crippen LogP contribution in [-0.4, -0.2) is 12.1 Å². The van der Waals surface area contributed by atoms with Gasteiger partial charge in [0.15, 0.2) is 12.1 Å². The first-order chi connectivity index (χ1) is 5.72. The van der Waals surface area contributed by atoms with Crippen LogP contribution in [0.4, 0.5) is 0 Å². The Morgan fingerprint density at radius 2 is 1.92 bits per heavy atom. The van der Waals surface area contributed by atoms with Crippen molar-refractivity contribution in [2.24, 2.45) is 0 Å². The predicted octanol–water partition coefficient (Wildman–Crippen LogP) is 1.29. The number of ketones is 1. The fraction of sp³-hybridized carbons (Fsp3) is 0.111.